The fourth-order valence-electron chi connectivity index (χ4n) is 10.3. The molecule has 0 saturated carbocycles. The first kappa shape index (κ1) is 38.8. The number of rotatable bonds is 10. The molecule has 64 heavy (non-hydrogen) atoms. The van der Waals surface area contributed by atoms with Gasteiger partial charge in [-0.25, -0.2) is 0 Å². The molecule has 0 aliphatic heterocycles. The van der Waals surface area contributed by atoms with Crippen LogP contribution >= 0.6 is 0 Å². The van der Waals surface area contributed by atoms with Gasteiger partial charge in [-0.2, -0.15) is 0 Å². The fraction of sp³-hybridized carbons (Fsp3) is 0.0645. The summed E-state index contributed by atoms with van der Waals surface area (Å²) in [4.78, 5) is 4.75. The van der Waals surface area contributed by atoms with E-state index in [1.165, 1.54) is 38.9 Å². The van der Waals surface area contributed by atoms with Gasteiger partial charge in [-0.05, 0) is 129 Å². The van der Waals surface area contributed by atoms with Crippen LogP contribution in [0.3, 0.4) is 0 Å². The summed E-state index contributed by atoms with van der Waals surface area (Å²) in [5.41, 5.74) is 23.8. The second-order valence-electron chi connectivity index (χ2n) is 16.8. The van der Waals surface area contributed by atoms with Crippen LogP contribution in [0.5, 0.6) is 0 Å². The highest BCUT2D eigenvalue weighted by atomic mass is 15.1. The minimum Gasteiger partial charge on any atom is -0.311 e. The monoisotopic (exact) mass is 818 g/mol. The summed E-state index contributed by atoms with van der Waals surface area (Å²) < 4.78 is 0. The first-order valence-corrected chi connectivity index (χ1v) is 22.2. The molecule has 0 saturated heterocycles. The largest absolute Gasteiger partial charge is 0.311 e. The van der Waals surface area contributed by atoms with Crippen LogP contribution < -0.4 is 9.80 Å². The van der Waals surface area contributed by atoms with Crippen molar-refractivity contribution in [2.45, 2.75) is 12.3 Å². The van der Waals surface area contributed by atoms with Crippen LogP contribution in [0.2, 0.25) is 0 Å². The Morgan fingerprint density at radius 2 is 0.906 bits per heavy atom. The molecular weight excluding hydrogens is 773 g/mol. The minimum absolute atomic E-state index is 0.118. The van der Waals surface area contributed by atoms with Crippen molar-refractivity contribution < 1.29 is 0 Å². The molecule has 3 aliphatic rings. The van der Waals surface area contributed by atoms with Crippen LogP contribution in [0.15, 0.2) is 266 Å². The molecule has 0 heterocycles. The third-order valence-corrected chi connectivity index (χ3v) is 13.2. The second-order valence-corrected chi connectivity index (χ2v) is 16.8. The summed E-state index contributed by atoms with van der Waals surface area (Å²) in [5, 5.41) is 0. The van der Waals surface area contributed by atoms with E-state index < -0.39 is 5.41 Å². The van der Waals surface area contributed by atoms with Crippen LogP contribution in [0.1, 0.15) is 29.2 Å². The van der Waals surface area contributed by atoms with Crippen molar-refractivity contribution >= 4 is 34.0 Å². The van der Waals surface area contributed by atoms with Gasteiger partial charge in [0.15, 0.2) is 0 Å². The zero-order valence-corrected chi connectivity index (χ0v) is 35.7. The maximum Gasteiger partial charge on any atom is 0.0531 e. The highest BCUT2D eigenvalue weighted by Gasteiger charge is 2.51. The van der Waals surface area contributed by atoms with Crippen molar-refractivity contribution in [3.63, 3.8) is 0 Å². The van der Waals surface area contributed by atoms with Crippen LogP contribution in [-0.4, -0.2) is 0 Å². The molecule has 2 unspecified atom stereocenters. The lowest BCUT2D eigenvalue weighted by Gasteiger charge is -2.43. The predicted molar refractivity (Wildman–Crippen MR) is 267 cm³/mol. The van der Waals surface area contributed by atoms with Crippen molar-refractivity contribution in [2.75, 3.05) is 9.80 Å². The summed E-state index contributed by atoms with van der Waals surface area (Å²) in [5.74, 6) is 0.287. The predicted octanol–water partition coefficient (Wildman–Crippen LogP) is 15.9. The molecule has 2 atom stereocenters. The number of anilines is 5. The lowest BCUT2D eigenvalue weighted by Crippen LogP contribution is -2.39. The molecule has 8 aromatic rings. The van der Waals surface area contributed by atoms with E-state index in [0.717, 1.165) is 45.3 Å². The van der Waals surface area contributed by atoms with Gasteiger partial charge in [0.2, 0.25) is 0 Å². The average molecular weight is 819 g/mol. The second kappa shape index (κ2) is 16.6. The molecule has 2 heteroatoms. The number of hydrogen-bond acceptors (Lipinski definition) is 2. The van der Waals surface area contributed by atoms with E-state index in [2.05, 4.69) is 265 Å². The maximum atomic E-state index is 3.26. The zero-order chi connectivity index (χ0) is 42.9. The molecule has 2 nitrogen and oxygen atoms in total. The molecule has 0 aromatic heterocycles. The van der Waals surface area contributed by atoms with Crippen LogP contribution in [0, 0.1) is 11.8 Å². The first-order chi connectivity index (χ1) is 31.7. The lowest BCUT2D eigenvalue weighted by atomic mass is 9.59. The number of para-hydroxylation sites is 2. The molecule has 11 rings (SSSR count). The SMILES string of the molecule is CC1C=C(N(c2ccccc2)c2ccc(C3=C=C=CC=C3)cc2)C=CC1C1(c2ccc(N(c3ccccc3)c3ccc(-c4ccccc4)cc3)cc2)c2ccccc2-c2ccccc21. The van der Waals surface area contributed by atoms with E-state index in [9.17, 15) is 0 Å². The smallest absolute Gasteiger partial charge is 0.0531 e. The minimum atomic E-state index is -0.443. The van der Waals surface area contributed by atoms with E-state index in [1.54, 1.807) is 0 Å². The van der Waals surface area contributed by atoms with Crippen LogP contribution in [0.25, 0.3) is 27.8 Å². The standard InChI is InChI=1S/C62H46N2/c1-45-44-56(64(52-24-12-5-13-25-52)54-38-32-49(33-39-54)47-20-8-3-9-21-47)42-43-59(45)62(60-28-16-14-26-57(60)58-27-15-17-29-61(58)62)50-34-40-55(41-35-50)63(51-22-10-4-11-23-51)53-36-30-48(31-37-53)46-18-6-2-7-19-46/h2-8,10-20,22-45,59H,1H3. The number of benzene rings is 8. The number of nitrogens with zero attached hydrogens (tertiary/aromatic N) is 2. The zero-order valence-electron chi connectivity index (χ0n) is 35.7. The van der Waals surface area contributed by atoms with Gasteiger partial charge in [0.25, 0.3) is 0 Å². The van der Waals surface area contributed by atoms with E-state index >= 15 is 0 Å². The van der Waals surface area contributed by atoms with E-state index in [1.807, 2.05) is 12.2 Å². The molecular formula is C62H46N2. The molecule has 0 amide bonds. The van der Waals surface area contributed by atoms with Gasteiger partial charge < -0.3 is 9.80 Å². The molecule has 0 N–H and O–H groups in total. The average Bonchev–Trinajstić information content (AvgIpc) is 3.67. The molecule has 8 aromatic carbocycles. The Morgan fingerprint density at radius 1 is 0.438 bits per heavy atom. The van der Waals surface area contributed by atoms with Gasteiger partial charge in [0.1, 0.15) is 0 Å². The molecule has 0 fully saturated rings. The van der Waals surface area contributed by atoms with E-state index in [-0.39, 0.29) is 11.8 Å². The van der Waals surface area contributed by atoms with Gasteiger partial charge >= 0.3 is 0 Å². The summed E-state index contributed by atoms with van der Waals surface area (Å²) in [6.45, 7) is 2.40. The van der Waals surface area contributed by atoms with Gasteiger partial charge in [-0.15, -0.1) is 0 Å². The number of allylic oxidation sites excluding steroid dienone is 7. The van der Waals surface area contributed by atoms with Gasteiger partial charge in [0, 0.05) is 45.6 Å². The van der Waals surface area contributed by atoms with Crippen molar-refractivity contribution in [1.82, 2.24) is 0 Å². The highest BCUT2D eigenvalue weighted by molar-refractivity contribution is 5.85. The Balaban J connectivity index is 1.01. The van der Waals surface area contributed by atoms with Crippen molar-refractivity contribution in [3.05, 3.63) is 288 Å². The van der Waals surface area contributed by atoms with Crippen molar-refractivity contribution in [2.24, 2.45) is 11.8 Å². The topological polar surface area (TPSA) is 6.48 Å². The maximum absolute atomic E-state index is 3.26. The van der Waals surface area contributed by atoms with E-state index in [0.29, 0.717) is 0 Å². The molecule has 0 spiro atoms. The Morgan fingerprint density at radius 3 is 1.47 bits per heavy atom. The summed E-state index contributed by atoms with van der Waals surface area (Å²) in [6.07, 6.45) is 13.3. The summed E-state index contributed by atoms with van der Waals surface area (Å²) in [7, 11) is 0. The first-order valence-electron chi connectivity index (χ1n) is 22.2. The van der Waals surface area contributed by atoms with Crippen LogP contribution in [0.4, 0.5) is 28.4 Å². The highest BCUT2D eigenvalue weighted by Crippen LogP contribution is 2.59. The fourth-order valence-corrected chi connectivity index (χ4v) is 10.3. The quantitative estimate of drug-likeness (QED) is 0.127. The van der Waals surface area contributed by atoms with Gasteiger partial charge in [-0.3, -0.25) is 0 Å². The van der Waals surface area contributed by atoms with Crippen LogP contribution in [-0.2, 0) is 5.41 Å². The molecule has 0 bridgehead atoms. The normalized spacial score (nSPS) is 16.4. The Bertz CT molecular complexity index is 3120. The summed E-state index contributed by atoms with van der Waals surface area (Å²) in [6, 6.07) is 77.3. The summed E-state index contributed by atoms with van der Waals surface area (Å²) >= 11 is 0. The molecule has 3 aliphatic carbocycles. The molecule has 0 radical (unpaired) electrons. The number of hydrogen-bond donors (Lipinski definition) is 0. The molecule has 304 valence electrons. The van der Waals surface area contributed by atoms with Crippen molar-refractivity contribution in [3.8, 4) is 22.3 Å². The number of fused-ring (bicyclic) bond motifs is 3. The third kappa shape index (κ3) is 6.80. The Hall–Kier alpha value is -8.12. The lowest BCUT2D eigenvalue weighted by molar-refractivity contribution is 0.372. The Kier molecular flexibility index (Phi) is 10.1. The van der Waals surface area contributed by atoms with Gasteiger partial charge in [-0.1, -0.05) is 188 Å². The third-order valence-electron chi connectivity index (χ3n) is 13.2. The van der Waals surface area contributed by atoms with E-state index in [4.69, 9.17) is 0 Å². The Labute approximate surface area is 376 Å². The van der Waals surface area contributed by atoms with Gasteiger partial charge in [0.05, 0.1) is 5.41 Å². The van der Waals surface area contributed by atoms with Crippen molar-refractivity contribution in [1.29, 1.82) is 0 Å².